The molecule has 0 atom stereocenters. The third-order valence-electron chi connectivity index (χ3n) is 4.80. The standard InChI is InChI=1S/C17H24N2O3S/c1-2-3-6-15(20)18-9-7-17(8-10-18)19(11-13-23-17)16(21)14-5-4-12-22-14/h4-5,12H,2-3,6-11,13H2,1H3. The maximum absolute atomic E-state index is 12.7. The fourth-order valence-corrected chi connectivity index (χ4v) is 4.89. The first-order chi connectivity index (χ1) is 11.2. The summed E-state index contributed by atoms with van der Waals surface area (Å²) in [6.07, 6.45) is 5.89. The second-order valence-electron chi connectivity index (χ2n) is 6.21. The Morgan fingerprint density at radius 3 is 2.74 bits per heavy atom. The number of thioether (sulfide) groups is 1. The highest BCUT2D eigenvalue weighted by atomic mass is 32.2. The molecule has 126 valence electrons. The van der Waals surface area contributed by atoms with E-state index in [4.69, 9.17) is 4.42 Å². The lowest BCUT2D eigenvalue weighted by Crippen LogP contribution is -2.53. The van der Waals surface area contributed by atoms with Gasteiger partial charge in [-0.25, -0.2) is 0 Å². The molecule has 2 aliphatic rings. The maximum atomic E-state index is 12.7. The van der Waals surface area contributed by atoms with Crippen molar-refractivity contribution in [3.63, 3.8) is 0 Å². The van der Waals surface area contributed by atoms with Gasteiger partial charge in [-0.1, -0.05) is 13.3 Å². The number of furan rings is 1. The average Bonchev–Trinajstić information content (AvgIpc) is 3.23. The van der Waals surface area contributed by atoms with Gasteiger partial charge in [0.25, 0.3) is 5.91 Å². The predicted molar refractivity (Wildman–Crippen MR) is 90.3 cm³/mol. The molecule has 1 spiro atoms. The number of carbonyl (C=O) groups excluding carboxylic acids is 2. The van der Waals surface area contributed by atoms with E-state index in [1.807, 2.05) is 21.6 Å². The lowest BCUT2D eigenvalue weighted by molar-refractivity contribution is -0.132. The number of rotatable bonds is 4. The van der Waals surface area contributed by atoms with Crippen LogP contribution in [0, 0.1) is 0 Å². The van der Waals surface area contributed by atoms with Crippen LogP contribution < -0.4 is 0 Å². The van der Waals surface area contributed by atoms with Gasteiger partial charge in [-0.2, -0.15) is 0 Å². The minimum Gasteiger partial charge on any atom is -0.459 e. The number of unbranched alkanes of at least 4 members (excludes halogenated alkanes) is 1. The molecule has 0 N–H and O–H groups in total. The van der Waals surface area contributed by atoms with Crippen molar-refractivity contribution in [2.75, 3.05) is 25.4 Å². The average molecular weight is 336 g/mol. The van der Waals surface area contributed by atoms with Crippen LogP contribution >= 0.6 is 11.8 Å². The van der Waals surface area contributed by atoms with Gasteiger partial charge in [0, 0.05) is 31.8 Å². The lowest BCUT2D eigenvalue weighted by Gasteiger charge is -2.43. The Morgan fingerprint density at radius 2 is 2.09 bits per heavy atom. The molecule has 3 rings (SSSR count). The zero-order valence-corrected chi connectivity index (χ0v) is 14.4. The summed E-state index contributed by atoms with van der Waals surface area (Å²) in [7, 11) is 0. The number of piperidine rings is 1. The quantitative estimate of drug-likeness (QED) is 0.848. The van der Waals surface area contributed by atoms with Crippen LogP contribution in [-0.2, 0) is 4.79 Å². The highest BCUT2D eigenvalue weighted by Crippen LogP contribution is 2.44. The Hall–Kier alpha value is -1.43. The molecule has 0 saturated carbocycles. The van der Waals surface area contributed by atoms with Crippen molar-refractivity contribution in [1.82, 2.24) is 9.80 Å². The molecule has 0 unspecified atom stereocenters. The second kappa shape index (κ2) is 6.99. The summed E-state index contributed by atoms with van der Waals surface area (Å²) in [4.78, 5) is 28.6. The molecule has 0 radical (unpaired) electrons. The summed E-state index contributed by atoms with van der Waals surface area (Å²) in [6.45, 7) is 4.36. The molecule has 2 fully saturated rings. The Morgan fingerprint density at radius 1 is 1.30 bits per heavy atom. The summed E-state index contributed by atoms with van der Waals surface area (Å²) in [5.74, 6) is 1.60. The van der Waals surface area contributed by atoms with Crippen molar-refractivity contribution in [2.45, 2.75) is 43.9 Å². The minimum atomic E-state index is -0.161. The molecule has 2 aliphatic heterocycles. The normalized spacial score (nSPS) is 20.2. The molecular weight excluding hydrogens is 312 g/mol. The monoisotopic (exact) mass is 336 g/mol. The topological polar surface area (TPSA) is 53.8 Å². The second-order valence-corrected chi connectivity index (χ2v) is 7.67. The maximum Gasteiger partial charge on any atom is 0.290 e. The van der Waals surface area contributed by atoms with E-state index in [0.29, 0.717) is 12.2 Å². The van der Waals surface area contributed by atoms with Crippen LogP contribution in [0.15, 0.2) is 22.8 Å². The molecule has 0 bridgehead atoms. The number of nitrogens with zero attached hydrogens (tertiary/aromatic N) is 2. The van der Waals surface area contributed by atoms with E-state index < -0.39 is 0 Å². The molecule has 0 aliphatic carbocycles. The van der Waals surface area contributed by atoms with Gasteiger partial charge in [-0.15, -0.1) is 11.8 Å². The van der Waals surface area contributed by atoms with Gasteiger partial charge >= 0.3 is 0 Å². The summed E-state index contributed by atoms with van der Waals surface area (Å²) in [6, 6.07) is 3.47. The van der Waals surface area contributed by atoms with Crippen LogP contribution in [0.25, 0.3) is 0 Å². The summed E-state index contributed by atoms with van der Waals surface area (Å²) >= 11 is 1.86. The van der Waals surface area contributed by atoms with Crippen LogP contribution in [0.1, 0.15) is 49.6 Å². The van der Waals surface area contributed by atoms with Crippen molar-refractivity contribution in [3.8, 4) is 0 Å². The molecule has 2 amide bonds. The van der Waals surface area contributed by atoms with E-state index in [-0.39, 0.29) is 16.7 Å². The first-order valence-corrected chi connectivity index (χ1v) is 9.42. The van der Waals surface area contributed by atoms with E-state index >= 15 is 0 Å². The van der Waals surface area contributed by atoms with Crippen molar-refractivity contribution in [1.29, 1.82) is 0 Å². The molecule has 2 saturated heterocycles. The van der Waals surface area contributed by atoms with Crippen LogP contribution in [0.4, 0.5) is 0 Å². The number of hydrogen-bond acceptors (Lipinski definition) is 4. The fraction of sp³-hybridized carbons (Fsp3) is 0.647. The number of likely N-dealkylation sites (tertiary alicyclic amines) is 1. The van der Waals surface area contributed by atoms with Crippen LogP contribution in [0.2, 0.25) is 0 Å². The Kier molecular flexibility index (Phi) is 4.99. The zero-order valence-electron chi connectivity index (χ0n) is 13.6. The highest BCUT2D eigenvalue weighted by molar-refractivity contribution is 8.00. The van der Waals surface area contributed by atoms with Crippen molar-refractivity contribution in [2.24, 2.45) is 0 Å². The molecule has 3 heterocycles. The first-order valence-electron chi connectivity index (χ1n) is 8.43. The number of amides is 2. The highest BCUT2D eigenvalue weighted by Gasteiger charge is 2.47. The first kappa shape index (κ1) is 16.4. The molecule has 0 aromatic carbocycles. The summed E-state index contributed by atoms with van der Waals surface area (Å²) in [5, 5.41) is 0. The van der Waals surface area contributed by atoms with Gasteiger partial charge in [-0.05, 0) is 31.4 Å². The van der Waals surface area contributed by atoms with E-state index in [1.54, 1.807) is 12.1 Å². The van der Waals surface area contributed by atoms with Crippen molar-refractivity contribution >= 4 is 23.6 Å². The van der Waals surface area contributed by atoms with Gasteiger partial charge < -0.3 is 14.2 Å². The zero-order chi connectivity index (χ0) is 16.3. The molecule has 6 heteroatoms. The van der Waals surface area contributed by atoms with E-state index in [9.17, 15) is 9.59 Å². The van der Waals surface area contributed by atoms with E-state index in [2.05, 4.69) is 6.92 Å². The smallest absolute Gasteiger partial charge is 0.290 e. The molecule has 23 heavy (non-hydrogen) atoms. The largest absolute Gasteiger partial charge is 0.459 e. The van der Waals surface area contributed by atoms with E-state index in [0.717, 1.165) is 51.1 Å². The Bertz CT molecular complexity index is 550. The number of carbonyl (C=O) groups is 2. The molecular formula is C17H24N2O3S. The van der Waals surface area contributed by atoms with Gasteiger partial charge in [0.05, 0.1) is 11.1 Å². The van der Waals surface area contributed by atoms with E-state index in [1.165, 1.54) is 6.26 Å². The predicted octanol–water partition coefficient (Wildman–Crippen LogP) is 2.98. The summed E-state index contributed by atoms with van der Waals surface area (Å²) in [5.41, 5.74) is 0. The fourth-order valence-electron chi connectivity index (χ4n) is 3.43. The number of hydrogen-bond donors (Lipinski definition) is 0. The Labute approximate surface area is 141 Å². The van der Waals surface area contributed by atoms with Crippen molar-refractivity contribution in [3.05, 3.63) is 24.2 Å². The third kappa shape index (κ3) is 3.27. The van der Waals surface area contributed by atoms with Gasteiger partial charge in [0.15, 0.2) is 5.76 Å². The van der Waals surface area contributed by atoms with Gasteiger partial charge in [-0.3, -0.25) is 9.59 Å². The summed E-state index contributed by atoms with van der Waals surface area (Å²) < 4.78 is 5.28. The van der Waals surface area contributed by atoms with Gasteiger partial charge in [0.2, 0.25) is 5.91 Å². The lowest BCUT2D eigenvalue weighted by atomic mass is 10.0. The minimum absolute atomic E-state index is 0.0224. The van der Waals surface area contributed by atoms with Crippen LogP contribution in [0.3, 0.4) is 0 Å². The van der Waals surface area contributed by atoms with Crippen molar-refractivity contribution < 1.29 is 14.0 Å². The molecule has 1 aromatic rings. The van der Waals surface area contributed by atoms with Crippen LogP contribution in [-0.4, -0.2) is 51.9 Å². The third-order valence-corrected chi connectivity index (χ3v) is 6.35. The molecule has 5 nitrogen and oxygen atoms in total. The SMILES string of the molecule is CCCCC(=O)N1CCC2(CC1)SCCN2C(=O)c1ccco1. The van der Waals surface area contributed by atoms with Crippen LogP contribution in [0.5, 0.6) is 0 Å². The van der Waals surface area contributed by atoms with Gasteiger partial charge in [0.1, 0.15) is 0 Å². The molecule has 1 aromatic heterocycles. The Balaban J connectivity index is 1.64.